The molecule has 2 rings (SSSR count). The lowest BCUT2D eigenvalue weighted by molar-refractivity contribution is -0.131. The van der Waals surface area contributed by atoms with Gasteiger partial charge in [0.1, 0.15) is 0 Å². The molecule has 1 N–H and O–H groups in total. The third-order valence-corrected chi connectivity index (χ3v) is 3.70. The van der Waals surface area contributed by atoms with Crippen LogP contribution in [0.5, 0.6) is 0 Å². The van der Waals surface area contributed by atoms with Crippen LogP contribution in [0.3, 0.4) is 0 Å². The van der Waals surface area contributed by atoms with E-state index >= 15 is 0 Å². The summed E-state index contributed by atoms with van der Waals surface area (Å²) < 4.78 is 0. The molecule has 0 radical (unpaired) electrons. The van der Waals surface area contributed by atoms with E-state index in [1.807, 2.05) is 18.2 Å². The number of aliphatic carboxylic acids is 1. The minimum absolute atomic E-state index is 0.0932. The van der Waals surface area contributed by atoms with Gasteiger partial charge in [-0.1, -0.05) is 52.8 Å². The molecule has 0 atom stereocenters. The van der Waals surface area contributed by atoms with E-state index in [1.165, 1.54) is 11.6 Å². The van der Waals surface area contributed by atoms with Crippen LogP contribution < -0.4 is 0 Å². The van der Waals surface area contributed by atoms with E-state index < -0.39 is 5.97 Å². The molecule has 0 unspecified atom stereocenters. The van der Waals surface area contributed by atoms with Gasteiger partial charge in [-0.2, -0.15) is 0 Å². The van der Waals surface area contributed by atoms with Crippen LogP contribution in [0.2, 0.25) is 0 Å². The normalized spacial score (nSPS) is 12.5. The van der Waals surface area contributed by atoms with Gasteiger partial charge in [-0.05, 0) is 29.2 Å². The van der Waals surface area contributed by atoms with Gasteiger partial charge in [0.15, 0.2) is 0 Å². The van der Waals surface area contributed by atoms with Crippen molar-refractivity contribution in [3.63, 3.8) is 0 Å². The van der Waals surface area contributed by atoms with Crippen LogP contribution in [-0.4, -0.2) is 16.1 Å². The van der Waals surface area contributed by atoms with Crippen molar-refractivity contribution in [3.8, 4) is 0 Å². The number of para-hydroxylation sites is 1. The number of rotatable bonds is 3. The smallest absolute Gasteiger partial charge is 0.328 e. The molecule has 0 saturated heterocycles. The van der Waals surface area contributed by atoms with E-state index in [0.717, 1.165) is 22.2 Å². The van der Waals surface area contributed by atoms with Gasteiger partial charge in [0.25, 0.3) is 0 Å². The van der Waals surface area contributed by atoms with Crippen molar-refractivity contribution >= 4 is 22.9 Å². The number of hydrogen-bond acceptors (Lipinski definition) is 2. The van der Waals surface area contributed by atoms with Crippen LogP contribution in [0.25, 0.3) is 17.0 Å². The summed E-state index contributed by atoms with van der Waals surface area (Å²) in [7, 11) is 0. The summed E-state index contributed by atoms with van der Waals surface area (Å²) in [5.41, 5.74) is 3.94. The Labute approximate surface area is 131 Å². The molecule has 116 valence electrons. The maximum atomic E-state index is 10.9. The molecule has 0 aliphatic carbocycles. The molecule has 3 nitrogen and oxygen atoms in total. The maximum absolute atomic E-state index is 10.9. The second-order valence-electron chi connectivity index (χ2n) is 6.92. The Morgan fingerprint density at radius 1 is 1.27 bits per heavy atom. The number of nitrogens with zero attached hydrogens (tertiary/aromatic N) is 1. The van der Waals surface area contributed by atoms with Crippen LogP contribution in [0.1, 0.15) is 57.4 Å². The monoisotopic (exact) mass is 297 g/mol. The van der Waals surface area contributed by atoms with Crippen LogP contribution in [0.4, 0.5) is 0 Å². The van der Waals surface area contributed by atoms with Gasteiger partial charge in [-0.15, -0.1) is 0 Å². The number of hydrogen-bond donors (Lipinski definition) is 1. The Morgan fingerprint density at radius 3 is 2.50 bits per heavy atom. The number of carboxylic acid groups (broad SMARTS) is 1. The molecule has 0 bridgehead atoms. The number of aromatic nitrogens is 1. The van der Waals surface area contributed by atoms with E-state index in [-0.39, 0.29) is 5.41 Å². The van der Waals surface area contributed by atoms with Crippen LogP contribution in [0.15, 0.2) is 30.3 Å². The zero-order chi connectivity index (χ0) is 16.5. The largest absolute Gasteiger partial charge is 0.478 e. The molecule has 0 fully saturated rings. The number of fused-ring (bicyclic) bond motifs is 1. The van der Waals surface area contributed by atoms with Gasteiger partial charge in [-0.3, -0.25) is 4.98 Å². The lowest BCUT2D eigenvalue weighted by atomic mass is 9.88. The summed E-state index contributed by atoms with van der Waals surface area (Å²) in [6.45, 7) is 10.6. The summed E-state index contributed by atoms with van der Waals surface area (Å²) in [6, 6.07) is 8.10. The highest BCUT2D eigenvalue weighted by Crippen LogP contribution is 2.31. The molecule has 0 aliphatic heterocycles. The number of pyridine rings is 1. The zero-order valence-corrected chi connectivity index (χ0v) is 13.8. The minimum atomic E-state index is -0.942. The lowest BCUT2D eigenvalue weighted by Gasteiger charge is -2.21. The van der Waals surface area contributed by atoms with Crippen molar-refractivity contribution in [1.82, 2.24) is 4.98 Å². The Kier molecular flexibility index (Phi) is 4.36. The average Bonchev–Trinajstić information content (AvgIpc) is 2.42. The van der Waals surface area contributed by atoms with E-state index in [2.05, 4.69) is 40.7 Å². The first-order valence-corrected chi connectivity index (χ1v) is 7.55. The van der Waals surface area contributed by atoms with Crippen molar-refractivity contribution in [2.75, 3.05) is 0 Å². The van der Waals surface area contributed by atoms with Crippen LogP contribution >= 0.6 is 0 Å². The summed E-state index contributed by atoms with van der Waals surface area (Å²) in [5.74, 6) is -0.579. The summed E-state index contributed by atoms with van der Waals surface area (Å²) in [5, 5.41) is 9.91. The summed E-state index contributed by atoms with van der Waals surface area (Å²) in [6.07, 6.45) is 2.84. The van der Waals surface area contributed by atoms with Gasteiger partial charge >= 0.3 is 5.97 Å². The van der Waals surface area contributed by atoms with Crippen LogP contribution in [-0.2, 0) is 10.2 Å². The Balaban J connectivity index is 2.81. The predicted octanol–water partition coefficient (Wildman–Crippen LogP) is 4.75. The van der Waals surface area contributed by atoms with Crippen LogP contribution in [0, 0.1) is 0 Å². The first kappa shape index (κ1) is 16.2. The van der Waals surface area contributed by atoms with Gasteiger partial charge in [0, 0.05) is 22.6 Å². The molecule has 1 heterocycles. The molecular formula is C19H23NO2. The molecule has 0 amide bonds. The SMILES string of the molecule is CC(C)c1cccc2c(/C=C/C(=O)O)cc(C(C)(C)C)nc12. The van der Waals surface area contributed by atoms with Gasteiger partial charge in [0.2, 0.25) is 0 Å². The van der Waals surface area contributed by atoms with E-state index in [9.17, 15) is 4.79 Å². The van der Waals surface area contributed by atoms with E-state index in [4.69, 9.17) is 10.1 Å². The topological polar surface area (TPSA) is 50.2 Å². The quantitative estimate of drug-likeness (QED) is 0.831. The molecule has 1 aromatic heterocycles. The number of carboxylic acids is 1. The zero-order valence-electron chi connectivity index (χ0n) is 13.8. The summed E-state index contributed by atoms with van der Waals surface area (Å²) >= 11 is 0. The molecule has 2 aromatic rings. The highest BCUT2D eigenvalue weighted by molar-refractivity contribution is 5.94. The minimum Gasteiger partial charge on any atom is -0.478 e. The fraction of sp³-hybridized carbons (Fsp3) is 0.368. The fourth-order valence-corrected chi connectivity index (χ4v) is 2.45. The molecular weight excluding hydrogens is 274 g/mol. The maximum Gasteiger partial charge on any atom is 0.328 e. The Morgan fingerprint density at radius 2 is 1.95 bits per heavy atom. The second-order valence-corrected chi connectivity index (χ2v) is 6.92. The number of benzene rings is 1. The third-order valence-electron chi connectivity index (χ3n) is 3.70. The van der Waals surface area contributed by atoms with Gasteiger partial charge in [0.05, 0.1) is 5.52 Å². The second kappa shape index (κ2) is 5.91. The highest BCUT2D eigenvalue weighted by Gasteiger charge is 2.19. The number of carbonyl (C=O) groups is 1. The standard InChI is InChI=1S/C19H23NO2/c1-12(2)14-7-6-8-15-13(9-10-17(21)22)11-16(19(3,4)5)20-18(14)15/h6-12H,1-5H3,(H,21,22)/b10-9+. The molecule has 1 aromatic carbocycles. The molecule has 0 spiro atoms. The third kappa shape index (κ3) is 3.35. The average molecular weight is 297 g/mol. The predicted molar refractivity (Wildman–Crippen MR) is 91.2 cm³/mol. The van der Waals surface area contributed by atoms with Gasteiger partial charge in [-0.25, -0.2) is 4.79 Å². The van der Waals surface area contributed by atoms with Crippen molar-refractivity contribution < 1.29 is 9.90 Å². The fourth-order valence-electron chi connectivity index (χ4n) is 2.45. The van der Waals surface area contributed by atoms with Crippen molar-refractivity contribution in [2.24, 2.45) is 0 Å². The molecule has 3 heteroatoms. The lowest BCUT2D eigenvalue weighted by Crippen LogP contribution is -2.14. The molecule has 22 heavy (non-hydrogen) atoms. The van der Waals surface area contributed by atoms with Crippen molar-refractivity contribution in [3.05, 3.63) is 47.2 Å². The molecule has 0 saturated carbocycles. The Hall–Kier alpha value is -2.16. The van der Waals surface area contributed by atoms with Gasteiger partial charge < -0.3 is 5.11 Å². The van der Waals surface area contributed by atoms with E-state index in [0.29, 0.717) is 5.92 Å². The Bertz CT molecular complexity index is 737. The first-order chi connectivity index (χ1) is 10.2. The highest BCUT2D eigenvalue weighted by atomic mass is 16.4. The summed E-state index contributed by atoms with van der Waals surface area (Å²) in [4.78, 5) is 15.7. The molecule has 0 aliphatic rings. The van der Waals surface area contributed by atoms with Crippen molar-refractivity contribution in [2.45, 2.75) is 46.0 Å². The first-order valence-electron chi connectivity index (χ1n) is 7.55. The van der Waals surface area contributed by atoms with E-state index in [1.54, 1.807) is 6.08 Å². The van der Waals surface area contributed by atoms with Crippen molar-refractivity contribution in [1.29, 1.82) is 0 Å².